The van der Waals surface area contributed by atoms with Crippen LogP contribution in [0.3, 0.4) is 0 Å². The zero-order chi connectivity index (χ0) is 52.7. The average Bonchev–Trinajstić information content (AvgIpc) is 3.71. The topological polar surface area (TPSA) is 126 Å². The van der Waals surface area contributed by atoms with E-state index < -0.39 is 63.5 Å². The highest BCUT2D eigenvalue weighted by atomic mass is 16.8. The number of fused-ring (bicyclic) bond motifs is 3. The summed E-state index contributed by atoms with van der Waals surface area (Å²) >= 11 is 0. The minimum Gasteiger partial charge on any atom is -0.451 e. The number of carbonyl (C=O) groups is 2. The van der Waals surface area contributed by atoms with Gasteiger partial charge < -0.3 is 47.4 Å². The SMILES string of the molecule is C=C(C)C(=O)OC1C=CC(OCC)(C2(C3(OCC)C=CC(OC(=O)C(=C)C)C(OCC)(c4ccccc4)C3(OCC)OCC)c3ccccc3-c3ccccc32)C(OCC)(OCC)C1(OCC)c1ccccc1. The highest BCUT2D eigenvalue weighted by Crippen LogP contribution is 2.74. The van der Waals surface area contributed by atoms with Crippen LogP contribution < -0.4 is 0 Å². The first kappa shape index (κ1) is 55.2. The van der Waals surface area contributed by atoms with E-state index in [1.807, 2.05) is 165 Å². The molecule has 73 heavy (non-hydrogen) atoms. The van der Waals surface area contributed by atoms with Crippen molar-refractivity contribution in [1.29, 1.82) is 0 Å². The fourth-order valence-electron chi connectivity index (χ4n) is 12.4. The van der Waals surface area contributed by atoms with Gasteiger partial charge in [0.1, 0.15) is 0 Å². The molecule has 0 radical (unpaired) electrons. The summed E-state index contributed by atoms with van der Waals surface area (Å²) in [6.45, 7) is 26.7. The van der Waals surface area contributed by atoms with Crippen LogP contribution in [0.1, 0.15) is 91.5 Å². The zero-order valence-electron chi connectivity index (χ0n) is 44.3. The van der Waals surface area contributed by atoms with E-state index in [0.29, 0.717) is 22.3 Å². The Hall–Kier alpha value is -5.54. The normalized spacial score (nSPS) is 26.1. The lowest BCUT2D eigenvalue weighted by molar-refractivity contribution is -0.451. The molecule has 0 spiro atoms. The fraction of sp³-hybridized carbons (Fsp3) is 0.443. The van der Waals surface area contributed by atoms with Crippen LogP contribution in [0, 0.1) is 0 Å². The summed E-state index contributed by atoms with van der Waals surface area (Å²) in [4.78, 5) is 28.4. The highest BCUT2D eigenvalue weighted by molar-refractivity contribution is 5.88. The second-order valence-corrected chi connectivity index (χ2v) is 18.1. The van der Waals surface area contributed by atoms with Crippen molar-refractivity contribution in [1.82, 2.24) is 0 Å². The first-order valence-electron chi connectivity index (χ1n) is 25.8. The zero-order valence-corrected chi connectivity index (χ0v) is 44.3. The Morgan fingerprint density at radius 1 is 0.425 bits per heavy atom. The van der Waals surface area contributed by atoms with Crippen LogP contribution in [0.4, 0.5) is 0 Å². The number of hydrogen-bond donors (Lipinski definition) is 0. The van der Waals surface area contributed by atoms with Gasteiger partial charge in [-0.15, -0.1) is 0 Å². The van der Waals surface area contributed by atoms with Gasteiger partial charge in [0.15, 0.2) is 34.6 Å². The Morgan fingerprint density at radius 3 is 1.03 bits per heavy atom. The van der Waals surface area contributed by atoms with E-state index in [2.05, 4.69) is 37.4 Å². The van der Waals surface area contributed by atoms with Gasteiger partial charge in [0.05, 0.1) is 5.41 Å². The molecule has 0 fully saturated rings. The molecule has 0 aliphatic heterocycles. The van der Waals surface area contributed by atoms with Gasteiger partial charge in [-0.3, -0.25) is 0 Å². The van der Waals surface area contributed by atoms with Crippen molar-refractivity contribution in [2.75, 3.05) is 52.9 Å². The molecule has 0 saturated heterocycles. The summed E-state index contributed by atoms with van der Waals surface area (Å²) in [5.74, 6) is -5.66. The van der Waals surface area contributed by atoms with Crippen LogP contribution in [0.15, 0.2) is 158 Å². The quantitative estimate of drug-likeness (QED) is 0.0287. The van der Waals surface area contributed by atoms with Crippen LogP contribution in [0.25, 0.3) is 11.1 Å². The predicted octanol–water partition coefficient (Wildman–Crippen LogP) is 11.0. The van der Waals surface area contributed by atoms with Crippen molar-refractivity contribution in [3.05, 3.63) is 180 Å². The van der Waals surface area contributed by atoms with Crippen LogP contribution in [0.2, 0.25) is 0 Å². The summed E-state index contributed by atoms with van der Waals surface area (Å²) in [5, 5.41) is 0. The molecule has 3 aliphatic carbocycles. The lowest BCUT2D eigenvalue weighted by Gasteiger charge is -2.71. The van der Waals surface area contributed by atoms with Crippen molar-refractivity contribution in [2.45, 2.75) is 121 Å². The standard InChI is InChI=1S/C61H74O12/c1-13-64-55(41-39-51(72-53(62)43(9)10)58(66-15-3,45-31-23-21-24-32-45)60(55,68-17-5)69-18-6)57(49-37-29-27-35-47(49)48-36-28-30-38-50(48)57)56(65-14-2)42-40-52(73-54(63)44(11)12)59(67-16-4,46-33-25-22-26-34-46)61(56,70-19-7)71-20-8/h21-42,51-52H,9,11,13-20H2,1-8,10,12H3. The molecule has 6 atom stereocenters. The molecular weight excluding hydrogens is 925 g/mol. The smallest absolute Gasteiger partial charge is 0.333 e. The van der Waals surface area contributed by atoms with Crippen LogP contribution >= 0.6 is 0 Å². The second-order valence-electron chi connectivity index (χ2n) is 18.1. The number of rotatable bonds is 24. The van der Waals surface area contributed by atoms with Gasteiger partial charge in [-0.25, -0.2) is 9.59 Å². The van der Waals surface area contributed by atoms with Crippen molar-refractivity contribution >= 4 is 11.9 Å². The molecule has 3 aliphatic rings. The number of hydrogen-bond acceptors (Lipinski definition) is 12. The van der Waals surface area contributed by atoms with Gasteiger partial charge in [-0.1, -0.05) is 122 Å². The molecule has 12 heteroatoms. The van der Waals surface area contributed by atoms with Crippen molar-refractivity contribution in [2.24, 2.45) is 0 Å². The molecule has 0 saturated carbocycles. The molecular formula is C61H74O12. The Morgan fingerprint density at radius 2 is 0.726 bits per heavy atom. The largest absolute Gasteiger partial charge is 0.451 e. The van der Waals surface area contributed by atoms with Gasteiger partial charge in [0, 0.05) is 64.0 Å². The number of carbonyl (C=O) groups excluding carboxylic acids is 2. The third-order valence-electron chi connectivity index (χ3n) is 14.3. The molecule has 390 valence electrons. The first-order valence-corrected chi connectivity index (χ1v) is 25.8. The third kappa shape index (κ3) is 7.94. The summed E-state index contributed by atoms with van der Waals surface area (Å²) < 4.78 is 74.4. The summed E-state index contributed by atoms with van der Waals surface area (Å²) in [7, 11) is 0. The molecule has 6 unspecified atom stereocenters. The Bertz CT molecular complexity index is 2450. The monoisotopic (exact) mass is 999 g/mol. The van der Waals surface area contributed by atoms with E-state index in [-0.39, 0.29) is 64.0 Å². The molecule has 0 N–H and O–H groups in total. The average molecular weight is 999 g/mol. The van der Waals surface area contributed by atoms with Gasteiger partial charge >= 0.3 is 11.9 Å². The van der Waals surface area contributed by atoms with E-state index in [1.54, 1.807) is 13.8 Å². The molecule has 0 heterocycles. The van der Waals surface area contributed by atoms with Crippen LogP contribution in [-0.2, 0) is 73.6 Å². The van der Waals surface area contributed by atoms with Crippen molar-refractivity contribution in [3.63, 3.8) is 0 Å². The first-order chi connectivity index (χ1) is 35.3. The summed E-state index contributed by atoms with van der Waals surface area (Å²) in [6.07, 6.45) is 4.99. The fourth-order valence-corrected chi connectivity index (χ4v) is 12.4. The van der Waals surface area contributed by atoms with E-state index >= 15 is 0 Å². The van der Waals surface area contributed by atoms with Crippen LogP contribution in [0.5, 0.6) is 0 Å². The number of benzene rings is 4. The van der Waals surface area contributed by atoms with E-state index in [9.17, 15) is 9.59 Å². The van der Waals surface area contributed by atoms with E-state index in [1.165, 1.54) is 0 Å². The highest BCUT2D eigenvalue weighted by Gasteiger charge is 2.89. The summed E-state index contributed by atoms with van der Waals surface area (Å²) in [6, 6.07) is 35.4. The Kier molecular flexibility index (Phi) is 17.0. The lowest BCUT2D eigenvalue weighted by Crippen LogP contribution is -2.88. The van der Waals surface area contributed by atoms with Crippen LogP contribution in [-0.4, -0.2) is 99.8 Å². The molecule has 7 rings (SSSR count). The van der Waals surface area contributed by atoms with E-state index in [0.717, 1.165) is 11.1 Å². The lowest BCUT2D eigenvalue weighted by atomic mass is 9.45. The molecule has 4 aromatic carbocycles. The molecule has 0 bridgehead atoms. The van der Waals surface area contributed by atoms with Gasteiger partial charge in [0.25, 0.3) is 0 Å². The molecule has 0 amide bonds. The molecule has 0 aromatic heterocycles. The number of esters is 2. The maximum Gasteiger partial charge on any atom is 0.333 e. The Labute approximate surface area is 432 Å². The maximum absolute atomic E-state index is 14.2. The Balaban J connectivity index is 1.89. The maximum atomic E-state index is 14.2. The third-order valence-corrected chi connectivity index (χ3v) is 14.3. The van der Waals surface area contributed by atoms with Gasteiger partial charge in [0.2, 0.25) is 11.6 Å². The minimum atomic E-state index is -2.18. The van der Waals surface area contributed by atoms with Crippen molar-refractivity contribution in [3.8, 4) is 11.1 Å². The minimum absolute atomic E-state index is 0.0379. The van der Waals surface area contributed by atoms with E-state index in [4.69, 9.17) is 47.4 Å². The van der Waals surface area contributed by atoms with Gasteiger partial charge in [-0.2, -0.15) is 0 Å². The van der Waals surface area contributed by atoms with Gasteiger partial charge in [-0.05, 0) is 127 Å². The predicted molar refractivity (Wildman–Crippen MR) is 280 cm³/mol. The second kappa shape index (κ2) is 22.5. The summed E-state index contributed by atoms with van der Waals surface area (Å²) in [5.41, 5.74) is -5.07. The van der Waals surface area contributed by atoms with Crippen molar-refractivity contribution < 1.29 is 57.0 Å². The number of ether oxygens (including phenoxy) is 10. The molecule has 12 nitrogen and oxygen atoms in total. The molecule has 4 aromatic rings.